The van der Waals surface area contributed by atoms with Gasteiger partial charge in [0.05, 0.1) is 11.1 Å². The molecule has 4 rings (SSSR count). The highest BCUT2D eigenvalue weighted by atomic mass is 16.3. The van der Waals surface area contributed by atoms with Gasteiger partial charge >= 0.3 is 0 Å². The van der Waals surface area contributed by atoms with Gasteiger partial charge in [0.1, 0.15) is 5.75 Å². The number of benzene rings is 1. The number of carbonyl (C=O) groups is 1. The highest BCUT2D eigenvalue weighted by Crippen LogP contribution is 2.42. The van der Waals surface area contributed by atoms with Gasteiger partial charge in [-0.3, -0.25) is 4.79 Å². The number of amides is 1. The largest absolute Gasteiger partial charge is 0.507 e. The van der Waals surface area contributed by atoms with E-state index in [2.05, 4.69) is 20.8 Å². The van der Waals surface area contributed by atoms with E-state index in [9.17, 15) is 9.90 Å². The zero-order chi connectivity index (χ0) is 15.9. The van der Waals surface area contributed by atoms with Crippen LogP contribution in [0, 0.1) is 0 Å². The number of fused-ring (bicyclic) bond motifs is 2. The van der Waals surface area contributed by atoms with Gasteiger partial charge in [0, 0.05) is 17.7 Å². The highest BCUT2D eigenvalue weighted by Gasteiger charge is 2.47. The van der Waals surface area contributed by atoms with Crippen LogP contribution in [-0.2, 0) is 10.2 Å². The van der Waals surface area contributed by atoms with Gasteiger partial charge in [-0.15, -0.1) is 10.2 Å². The number of phenols is 1. The summed E-state index contributed by atoms with van der Waals surface area (Å²) in [4.78, 5) is 12.6. The number of hydrogen-bond donors (Lipinski definition) is 3. The molecule has 6 nitrogen and oxygen atoms in total. The van der Waals surface area contributed by atoms with Gasteiger partial charge in [-0.25, -0.2) is 0 Å². The van der Waals surface area contributed by atoms with Crippen molar-refractivity contribution in [1.29, 1.82) is 0 Å². The molecule has 0 aliphatic carbocycles. The van der Waals surface area contributed by atoms with Crippen LogP contribution in [-0.4, -0.2) is 34.3 Å². The SMILES string of the molecule is O=C1Nc2nnc(-c3ccccc3O)cc2[C@]12CCCCNC2. The molecule has 1 fully saturated rings. The Kier molecular flexibility index (Phi) is 3.27. The van der Waals surface area contributed by atoms with Crippen molar-refractivity contribution in [2.75, 3.05) is 18.4 Å². The van der Waals surface area contributed by atoms with Crippen molar-refractivity contribution in [3.8, 4) is 17.0 Å². The molecule has 3 heterocycles. The summed E-state index contributed by atoms with van der Waals surface area (Å²) in [6, 6.07) is 8.92. The van der Waals surface area contributed by atoms with Gasteiger partial charge in [0.2, 0.25) is 5.91 Å². The second kappa shape index (κ2) is 5.31. The molecule has 6 heteroatoms. The standard InChI is InChI=1S/C17H18N4O2/c22-14-6-2-1-5-11(14)13-9-12-15(21-20-13)19-16(23)17(12)7-3-4-8-18-10-17/h1-2,5-6,9,18,22H,3-4,7-8,10H2,(H,19,21,23)/t17-/m1/s1. The average molecular weight is 310 g/mol. The zero-order valence-electron chi connectivity index (χ0n) is 12.7. The predicted octanol–water partition coefficient (Wildman–Crippen LogP) is 1.81. The minimum Gasteiger partial charge on any atom is -0.507 e. The van der Waals surface area contributed by atoms with Crippen molar-refractivity contribution in [2.24, 2.45) is 0 Å². The Bertz CT molecular complexity index is 767. The molecule has 1 saturated heterocycles. The number of nitrogens with zero attached hydrogens (tertiary/aromatic N) is 2. The molecule has 118 valence electrons. The van der Waals surface area contributed by atoms with Crippen molar-refractivity contribution in [2.45, 2.75) is 24.7 Å². The molecule has 1 atom stereocenters. The zero-order valence-corrected chi connectivity index (χ0v) is 12.7. The summed E-state index contributed by atoms with van der Waals surface area (Å²) in [5.74, 6) is 0.690. The Balaban J connectivity index is 1.84. The van der Waals surface area contributed by atoms with Crippen molar-refractivity contribution >= 4 is 11.7 Å². The van der Waals surface area contributed by atoms with Gasteiger partial charge in [-0.05, 0) is 37.6 Å². The number of anilines is 1. The summed E-state index contributed by atoms with van der Waals surface area (Å²) in [5.41, 5.74) is 1.51. The first-order valence-electron chi connectivity index (χ1n) is 7.89. The minimum absolute atomic E-state index is 0.00867. The second-order valence-corrected chi connectivity index (χ2v) is 6.18. The molecule has 0 saturated carbocycles. The van der Waals surface area contributed by atoms with E-state index < -0.39 is 5.41 Å². The van der Waals surface area contributed by atoms with Crippen LogP contribution in [0.25, 0.3) is 11.3 Å². The summed E-state index contributed by atoms with van der Waals surface area (Å²) in [6.45, 7) is 1.53. The Morgan fingerprint density at radius 1 is 1.17 bits per heavy atom. The van der Waals surface area contributed by atoms with Crippen molar-refractivity contribution in [1.82, 2.24) is 15.5 Å². The first-order valence-corrected chi connectivity index (χ1v) is 7.89. The summed E-state index contributed by atoms with van der Waals surface area (Å²) in [7, 11) is 0. The molecule has 2 aromatic rings. The first kappa shape index (κ1) is 14.1. The van der Waals surface area contributed by atoms with Crippen LogP contribution in [0.3, 0.4) is 0 Å². The molecule has 1 aromatic heterocycles. The monoisotopic (exact) mass is 310 g/mol. The number of aromatic nitrogens is 2. The summed E-state index contributed by atoms with van der Waals surface area (Å²) in [5, 5.41) is 24.6. The fraction of sp³-hybridized carbons (Fsp3) is 0.353. The number of nitrogens with one attached hydrogen (secondary N) is 2. The second-order valence-electron chi connectivity index (χ2n) is 6.18. The summed E-state index contributed by atoms with van der Waals surface area (Å²) in [6.07, 6.45) is 2.86. The lowest BCUT2D eigenvalue weighted by atomic mass is 9.78. The number of hydrogen-bond acceptors (Lipinski definition) is 5. The molecule has 1 amide bonds. The Morgan fingerprint density at radius 2 is 2.04 bits per heavy atom. The number of para-hydroxylation sites is 1. The molecular formula is C17H18N4O2. The minimum atomic E-state index is -0.582. The van der Waals surface area contributed by atoms with Gasteiger partial charge in [0.25, 0.3) is 0 Å². The van der Waals surface area contributed by atoms with E-state index in [-0.39, 0.29) is 11.7 Å². The lowest BCUT2D eigenvalue weighted by Crippen LogP contribution is -2.42. The molecule has 1 aromatic carbocycles. The fourth-order valence-electron chi connectivity index (χ4n) is 3.51. The van der Waals surface area contributed by atoms with E-state index >= 15 is 0 Å². The smallest absolute Gasteiger partial charge is 0.237 e. The van der Waals surface area contributed by atoms with E-state index in [1.165, 1.54) is 0 Å². The van der Waals surface area contributed by atoms with Gasteiger partial charge in [-0.1, -0.05) is 18.6 Å². The van der Waals surface area contributed by atoms with E-state index in [1.807, 2.05) is 12.1 Å². The van der Waals surface area contributed by atoms with Gasteiger partial charge < -0.3 is 15.7 Å². The first-order chi connectivity index (χ1) is 11.2. The van der Waals surface area contributed by atoms with E-state index in [0.717, 1.165) is 31.4 Å². The van der Waals surface area contributed by atoms with Crippen molar-refractivity contribution in [3.05, 3.63) is 35.9 Å². The number of aromatic hydroxyl groups is 1. The lowest BCUT2D eigenvalue weighted by molar-refractivity contribution is -0.120. The van der Waals surface area contributed by atoms with E-state index in [1.54, 1.807) is 18.2 Å². The Morgan fingerprint density at radius 3 is 2.91 bits per heavy atom. The van der Waals surface area contributed by atoms with E-state index in [0.29, 0.717) is 23.6 Å². The molecule has 1 spiro atoms. The predicted molar refractivity (Wildman–Crippen MR) is 86.2 cm³/mol. The van der Waals surface area contributed by atoms with Crippen LogP contribution in [0.15, 0.2) is 30.3 Å². The third-order valence-corrected chi connectivity index (χ3v) is 4.79. The maximum absolute atomic E-state index is 12.6. The highest BCUT2D eigenvalue weighted by molar-refractivity contribution is 6.05. The van der Waals surface area contributed by atoms with Crippen LogP contribution >= 0.6 is 0 Å². The summed E-state index contributed by atoms with van der Waals surface area (Å²) < 4.78 is 0. The average Bonchev–Trinajstić information content (AvgIpc) is 2.72. The number of phenolic OH excluding ortho intramolecular Hbond substituents is 1. The van der Waals surface area contributed by atoms with Gasteiger partial charge in [0.15, 0.2) is 5.82 Å². The molecule has 0 bridgehead atoms. The van der Waals surface area contributed by atoms with Gasteiger partial charge in [-0.2, -0.15) is 0 Å². The third kappa shape index (κ3) is 2.17. The fourth-order valence-corrected chi connectivity index (χ4v) is 3.51. The lowest BCUT2D eigenvalue weighted by Gasteiger charge is -2.25. The molecule has 2 aliphatic rings. The Labute approximate surface area is 133 Å². The maximum atomic E-state index is 12.6. The molecule has 2 aliphatic heterocycles. The number of carbonyl (C=O) groups excluding carboxylic acids is 1. The number of rotatable bonds is 1. The molecule has 0 unspecified atom stereocenters. The topological polar surface area (TPSA) is 87.1 Å². The van der Waals surface area contributed by atoms with Crippen LogP contribution < -0.4 is 10.6 Å². The Hall–Kier alpha value is -2.47. The van der Waals surface area contributed by atoms with Crippen molar-refractivity contribution < 1.29 is 9.90 Å². The van der Waals surface area contributed by atoms with Crippen LogP contribution in [0.4, 0.5) is 5.82 Å². The van der Waals surface area contributed by atoms with Crippen LogP contribution in [0.1, 0.15) is 24.8 Å². The van der Waals surface area contributed by atoms with E-state index in [4.69, 9.17) is 0 Å². The third-order valence-electron chi connectivity index (χ3n) is 4.79. The van der Waals surface area contributed by atoms with Crippen LogP contribution in [0.2, 0.25) is 0 Å². The molecule has 0 radical (unpaired) electrons. The van der Waals surface area contributed by atoms with Crippen molar-refractivity contribution in [3.63, 3.8) is 0 Å². The quantitative estimate of drug-likeness (QED) is 0.748. The molecule has 23 heavy (non-hydrogen) atoms. The molecular weight excluding hydrogens is 292 g/mol. The maximum Gasteiger partial charge on any atom is 0.237 e. The van der Waals surface area contributed by atoms with Crippen LogP contribution in [0.5, 0.6) is 5.75 Å². The summed E-state index contributed by atoms with van der Waals surface area (Å²) >= 11 is 0. The normalized spacial score (nSPS) is 23.4. The molecule has 3 N–H and O–H groups in total.